The highest BCUT2D eigenvalue weighted by molar-refractivity contribution is 7.92. The molecule has 0 spiro atoms. The Kier molecular flexibility index (Phi) is 7.59. The smallest absolute Gasteiger partial charge is 0.251 e. The molecule has 6 heteroatoms. The number of aryl methyl sites for hydroxylation is 3. The first-order chi connectivity index (χ1) is 15.6. The van der Waals surface area contributed by atoms with E-state index in [4.69, 9.17) is 0 Å². The summed E-state index contributed by atoms with van der Waals surface area (Å²) >= 11 is 0. The molecular formula is C27H32N2O3S. The number of nitrogens with one attached hydrogen (secondary N) is 1. The highest BCUT2D eigenvalue weighted by Crippen LogP contribution is 2.24. The fraction of sp³-hybridized carbons (Fsp3) is 0.296. The van der Waals surface area contributed by atoms with Crippen LogP contribution in [0.3, 0.4) is 0 Å². The van der Waals surface area contributed by atoms with Crippen molar-refractivity contribution < 1.29 is 13.2 Å². The number of anilines is 1. The zero-order chi connectivity index (χ0) is 24.2. The van der Waals surface area contributed by atoms with Crippen LogP contribution >= 0.6 is 0 Å². The van der Waals surface area contributed by atoms with Gasteiger partial charge in [-0.2, -0.15) is 0 Å². The summed E-state index contributed by atoms with van der Waals surface area (Å²) in [5, 5.41) is 3.10. The molecule has 0 heterocycles. The summed E-state index contributed by atoms with van der Waals surface area (Å²) in [6.07, 6.45) is 1.99. The van der Waals surface area contributed by atoms with E-state index in [0.717, 1.165) is 28.7 Å². The van der Waals surface area contributed by atoms with Crippen molar-refractivity contribution in [2.75, 3.05) is 10.6 Å². The van der Waals surface area contributed by atoms with E-state index in [2.05, 4.69) is 5.32 Å². The number of amides is 1. The Balaban J connectivity index is 1.75. The third-order valence-electron chi connectivity index (χ3n) is 5.91. The molecule has 0 bridgehead atoms. The highest BCUT2D eigenvalue weighted by Gasteiger charge is 2.19. The van der Waals surface area contributed by atoms with Crippen molar-refractivity contribution >= 4 is 21.6 Å². The first kappa shape index (κ1) is 24.5. The molecule has 3 aromatic rings. The lowest BCUT2D eigenvalue weighted by Crippen LogP contribution is -2.29. The Bertz CT molecular complexity index is 1220. The minimum atomic E-state index is -3.47. The topological polar surface area (TPSA) is 66.5 Å². The van der Waals surface area contributed by atoms with E-state index >= 15 is 0 Å². The largest absolute Gasteiger partial charge is 0.345 e. The fourth-order valence-corrected chi connectivity index (χ4v) is 4.55. The number of rotatable bonds is 8. The number of carbonyl (C=O) groups excluding carboxylic acids is 1. The molecule has 1 atom stereocenters. The Labute approximate surface area is 197 Å². The fourth-order valence-electron chi connectivity index (χ4n) is 3.67. The summed E-state index contributed by atoms with van der Waals surface area (Å²) in [5.74, 6) is -0.150. The molecule has 1 N–H and O–H groups in total. The lowest BCUT2D eigenvalue weighted by Gasteiger charge is -2.23. The number of carbonyl (C=O) groups is 1. The summed E-state index contributed by atoms with van der Waals surface area (Å²) in [7, 11) is -3.47. The van der Waals surface area contributed by atoms with Gasteiger partial charge in [0.15, 0.2) is 0 Å². The normalized spacial score (nSPS) is 12.3. The molecule has 0 aromatic heterocycles. The summed E-state index contributed by atoms with van der Waals surface area (Å²) in [6, 6.07) is 20.8. The standard InChI is InChI=1S/C27H32N2O3S/c1-6-26(23-12-7-19(2)8-13-23)28-27(30)24-14-10-22(11-15-24)18-29(33(5,31)32)25-16-9-20(3)21(4)17-25/h7-17,26H,6,18H2,1-5H3,(H,28,30). The Hall–Kier alpha value is -3.12. The van der Waals surface area contributed by atoms with Crippen molar-refractivity contribution in [2.45, 2.75) is 46.7 Å². The van der Waals surface area contributed by atoms with Gasteiger partial charge in [-0.1, -0.05) is 55.0 Å². The first-order valence-electron chi connectivity index (χ1n) is 11.1. The Morgan fingerprint density at radius 3 is 2.09 bits per heavy atom. The van der Waals surface area contributed by atoms with Crippen LogP contribution in [0.15, 0.2) is 66.7 Å². The summed E-state index contributed by atoms with van der Waals surface area (Å²) < 4.78 is 26.3. The van der Waals surface area contributed by atoms with Gasteiger partial charge in [0.25, 0.3) is 5.91 Å². The van der Waals surface area contributed by atoms with Gasteiger partial charge in [0.05, 0.1) is 24.5 Å². The minimum Gasteiger partial charge on any atom is -0.345 e. The maximum absolute atomic E-state index is 12.8. The predicted molar refractivity (Wildman–Crippen MR) is 135 cm³/mol. The monoisotopic (exact) mass is 464 g/mol. The van der Waals surface area contributed by atoms with Crippen molar-refractivity contribution in [3.05, 3.63) is 100 Å². The van der Waals surface area contributed by atoms with Gasteiger partial charge < -0.3 is 5.32 Å². The molecule has 3 rings (SSSR count). The SMILES string of the molecule is CCC(NC(=O)c1ccc(CN(c2ccc(C)c(C)c2)S(C)(=O)=O)cc1)c1ccc(C)cc1. The van der Waals surface area contributed by atoms with Gasteiger partial charge in [0.1, 0.15) is 0 Å². The van der Waals surface area contributed by atoms with Gasteiger partial charge in [0, 0.05) is 5.56 Å². The average molecular weight is 465 g/mol. The first-order valence-corrected chi connectivity index (χ1v) is 12.9. The van der Waals surface area contributed by atoms with Crippen LogP contribution in [0.25, 0.3) is 0 Å². The van der Waals surface area contributed by atoms with E-state index in [1.165, 1.54) is 16.1 Å². The molecule has 1 unspecified atom stereocenters. The Morgan fingerprint density at radius 2 is 1.55 bits per heavy atom. The summed E-state index contributed by atoms with van der Waals surface area (Å²) in [4.78, 5) is 12.8. The zero-order valence-corrected chi connectivity index (χ0v) is 20.7. The van der Waals surface area contributed by atoms with Crippen LogP contribution in [0, 0.1) is 20.8 Å². The van der Waals surface area contributed by atoms with Crippen LogP contribution in [0.5, 0.6) is 0 Å². The van der Waals surface area contributed by atoms with Gasteiger partial charge in [-0.05, 0) is 73.7 Å². The van der Waals surface area contributed by atoms with Crippen molar-refractivity contribution in [1.29, 1.82) is 0 Å². The second kappa shape index (κ2) is 10.2. The van der Waals surface area contributed by atoms with Crippen LogP contribution in [-0.4, -0.2) is 20.6 Å². The highest BCUT2D eigenvalue weighted by atomic mass is 32.2. The van der Waals surface area contributed by atoms with Crippen LogP contribution in [0.4, 0.5) is 5.69 Å². The maximum atomic E-state index is 12.8. The summed E-state index contributed by atoms with van der Waals surface area (Å²) in [5.41, 5.74) is 6.38. The van der Waals surface area contributed by atoms with Crippen LogP contribution in [-0.2, 0) is 16.6 Å². The summed E-state index contributed by atoms with van der Waals surface area (Å²) in [6.45, 7) is 8.24. The minimum absolute atomic E-state index is 0.0664. The predicted octanol–water partition coefficient (Wildman–Crippen LogP) is 5.46. The molecule has 5 nitrogen and oxygen atoms in total. The molecule has 0 aliphatic carbocycles. The Morgan fingerprint density at radius 1 is 0.909 bits per heavy atom. The van der Waals surface area contributed by atoms with Crippen LogP contribution < -0.4 is 9.62 Å². The molecule has 0 fully saturated rings. The molecule has 0 saturated carbocycles. The van der Waals surface area contributed by atoms with Crippen LogP contribution in [0.1, 0.15) is 57.6 Å². The molecular weight excluding hydrogens is 432 g/mol. The van der Waals surface area contributed by atoms with Gasteiger partial charge in [-0.25, -0.2) is 8.42 Å². The third kappa shape index (κ3) is 6.23. The van der Waals surface area contributed by atoms with Crippen LogP contribution in [0.2, 0.25) is 0 Å². The van der Waals surface area contributed by atoms with E-state index in [1.807, 2.05) is 70.2 Å². The van der Waals surface area contributed by atoms with E-state index in [-0.39, 0.29) is 18.5 Å². The molecule has 3 aromatic carbocycles. The molecule has 1 amide bonds. The molecule has 33 heavy (non-hydrogen) atoms. The van der Waals surface area contributed by atoms with E-state index in [9.17, 15) is 13.2 Å². The van der Waals surface area contributed by atoms with Gasteiger partial charge in [-0.3, -0.25) is 9.10 Å². The second-order valence-corrected chi connectivity index (χ2v) is 10.5. The quantitative estimate of drug-likeness (QED) is 0.481. The molecule has 0 radical (unpaired) electrons. The van der Waals surface area contributed by atoms with E-state index < -0.39 is 10.0 Å². The molecule has 0 aliphatic rings. The number of hydrogen-bond donors (Lipinski definition) is 1. The van der Waals surface area contributed by atoms with E-state index in [0.29, 0.717) is 11.3 Å². The van der Waals surface area contributed by atoms with Crippen molar-refractivity contribution in [3.8, 4) is 0 Å². The van der Waals surface area contributed by atoms with Gasteiger partial charge in [-0.15, -0.1) is 0 Å². The average Bonchev–Trinajstić information content (AvgIpc) is 2.78. The molecule has 0 saturated heterocycles. The second-order valence-electron chi connectivity index (χ2n) is 8.58. The third-order valence-corrected chi connectivity index (χ3v) is 7.05. The zero-order valence-electron chi connectivity index (χ0n) is 19.9. The molecule has 174 valence electrons. The number of nitrogens with zero attached hydrogens (tertiary/aromatic N) is 1. The molecule has 0 aliphatic heterocycles. The number of benzene rings is 3. The number of sulfonamides is 1. The van der Waals surface area contributed by atoms with Gasteiger partial charge in [0.2, 0.25) is 10.0 Å². The van der Waals surface area contributed by atoms with Crippen molar-refractivity contribution in [1.82, 2.24) is 5.32 Å². The van der Waals surface area contributed by atoms with Gasteiger partial charge >= 0.3 is 0 Å². The van der Waals surface area contributed by atoms with Crippen molar-refractivity contribution in [3.63, 3.8) is 0 Å². The maximum Gasteiger partial charge on any atom is 0.251 e. The lowest BCUT2D eigenvalue weighted by atomic mass is 10.0. The lowest BCUT2D eigenvalue weighted by molar-refractivity contribution is 0.0935. The van der Waals surface area contributed by atoms with Crippen molar-refractivity contribution in [2.24, 2.45) is 0 Å². The number of hydrogen-bond acceptors (Lipinski definition) is 3. The van der Waals surface area contributed by atoms with E-state index in [1.54, 1.807) is 24.3 Å².